The van der Waals surface area contributed by atoms with Gasteiger partial charge in [-0.2, -0.15) is 35.1 Å². The molecule has 0 heterocycles. The summed E-state index contributed by atoms with van der Waals surface area (Å²) in [7, 11) is 0. The molecule has 0 saturated heterocycles. The molecule has 3 fully saturated rings. The number of rotatable bonds is 13. The summed E-state index contributed by atoms with van der Waals surface area (Å²) in [5.74, 6) is -9.47. The van der Waals surface area contributed by atoms with Gasteiger partial charge in [0, 0.05) is 12.0 Å². The quantitative estimate of drug-likeness (QED) is 0.149. The van der Waals surface area contributed by atoms with Crippen LogP contribution < -0.4 is 0 Å². The average molecular weight is 857 g/mol. The first kappa shape index (κ1) is 48.3. The molecule has 15 heteroatoms. The Labute approximate surface area is 339 Å². The third-order valence-electron chi connectivity index (χ3n) is 12.6. The molecule has 5 rings (SSSR count). The fourth-order valence-corrected chi connectivity index (χ4v) is 9.07. The maximum absolute atomic E-state index is 14.5. The lowest BCUT2D eigenvalue weighted by molar-refractivity contribution is -0.280. The lowest BCUT2D eigenvalue weighted by Crippen LogP contribution is -2.45. The van der Waals surface area contributed by atoms with Crippen LogP contribution in [0.3, 0.4) is 0 Å². The number of hydrogen-bond acceptors (Lipinski definition) is 4. The summed E-state index contributed by atoms with van der Waals surface area (Å²) in [6, 6.07) is 7.48. The number of carbonyl (C=O) groups excluding carboxylic acids is 2. The van der Waals surface area contributed by atoms with Crippen LogP contribution in [0.1, 0.15) is 144 Å². The summed E-state index contributed by atoms with van der Waals surface area (Å²) in [6.07, 6.45) is 3.74. The molecule has 0 atom stereocenters. The van der Waals surface area contributed by atoms with E-state index in [1.807, 2.05) is 6.92 Å². The number of esters is 2. The molecule has 0 N–H and O–H groups in total. The zero-order valence-electron chi connectivity index (χ0n) is 33.6. The van der Waals surface area contributed by atoms with Gasteiger partial charge in [-0.3, -0.25) is 0 Å². The van der Waals surface area contributed by atoms with Crippen LogP contribution in [0.4, 0.5) is 48.3 Å². The topological polar surface area (TPSA) is 52.6 Å². The highest BCUT2D eigenvalue weighted by atomic mass is 19.4. The molecular weight excluding hydrogens is 801 g/mol. The van der Waals surface area contributed by atoms with Crippen LogP contribution in [-0.4, -0.2) is 43.4 Å². The monoisotopic (exact) mass is 856 g/mol. The molecule has 0 spiro atoms. The van der Waals surface area contributed by atoms with Gasteiger partial charge in [-0.15, -0.1) is 0 Å². The summed E-state index contributed by atoms with van der Waals surface area (Å²) >= 11 is 0. The van der Waals surface area contributed by atoms with E-state index in [1.165, 1.54) is 56.4 Å². The third kappa shape index (κ3) is 13.6. The van der Waals surface area contributed by atoms with Crippen LogP contribution in [0.15, 0.2) is 30.3 Å². The number of hydrogen-bond donors (Lipinski definition) is 0. The van der Waals surface area contributed by atoms with Crippen LogP contribution in [0, 0.1) is 41.1 Å². The number of alkyl halides is 8. The lowest BCUT2D eigenvalue weighted by atomic mass is 9.68. The van der Waals surface area contributed by atoms with Crippen LogP contribution in [0.5, 0.6) is 0 Å². The van der Waals surface area contributed by atoms with Crippen molar-refractivity contribution < 1.29 is 67.4 Å². The van der Waals surface area contributed by atoms with E-state index in [2.05, 4.69) is 16.4 Å². The number of benzene rings is 2. The van der Waals surface area contributed by atoms with E-state index >= 15 is 0 Å². The van der Waals surface area contributed by atoms with Crippen molar-refractivity contribution in [1.82, 2.24) is 0 Å². The Kier molecular flexibility index (Phi) is 17.5. The highest BCUT2D eigenvalue weighted by Crippen LogP contribution is 2.45. The summed E-state index contributed by atoms with van der Waals surface area (Å²) in [5, 5.41) is 0. The molecule has 4 nitrogen and oxygen atoms in total. The van der Waals surface area contributed by atoms with Crippen molar-refractivity contribution in [1.29, 1.82) is 0 Å². The van der Waals surface area contributed by atoms with Gasteiger partial charge < -0.3 is 9.47 Å². The molecular formula is C44H55F11O4. The second-order valence-electron chi connectivity index (χ2n) is 16.5. The Morgan fingerprint density at radius 1 is 0.610 bits per heavy atom. The lowest BCUT2D eigenvalue weighted by Gasteiger charge is -2.38. The first-order chi connectivity index (χ1) is 27.7. The van der Waals surface area contributed by atoms with Gasteiger partial charge in [-0.1, -0.05) is 51.7 Å². The second-order valence-corrected chi connectivity index (χ2v) is 16.5. The molecule has 0 aromatic heterocycles. The van der Waals surface area contributed by atoms with Crippen molar-refractivity contribution in [3.63, 3.8) is 0 Å². The summed E-state index contributed by atoms with van der Waals surface area (Å²) < 4.78 is 150. The van der Waals surface area contributed by atoms with Gasteiger partial charge in [-0.25, -0.2) is 22.8 Å². The Morgan fingerprint density at radius 2 is 1.14 bits per heavy atom. The minimum atomic E-state index is -6.02. The van der Waals surface area contributed by atoms with E-state index in [1.54, 1.807) is 6.07 Å². The van der Waals surface area contributed by atoms with E-state index in [0.29, 0.717) is 44.1 Å². The number of aryl methyl sites for hydroxylation is 1. The molecule has 3 saturated carbocycles. The predicted octanol–water partition coefficient (Wildman–Crippen LogP) is 13.3. The van der Waals surface area contributed by atoms with E-state index < -0.39 is 54.3 Å². The molecule has 0 bridgehead atoms. The smallest absolute Gasteiger partial charge is 0.461 e. The number of ether oxygens (including phenoxy) is 2. The molecule has 0 radical (unpaired) electrons. The molecule has 0 unspecified atom stereocenters. The van der Waals surface area contributed by atoms with Gasteiger partial charge in [0.1, 0.15) is 17.5 Å². The Morgan fingerprint density at radius 3 is 1.64 bits per heavy atom. The van der Waals surface area contributed by atoms with Crippen LogP contribution in [0.2, 0.25) is 0 Å². The Balaban J connectivity index is 0.000000268. The molecule has 3 aliphatic rings. The van der Waals surface area contributed by atoms with Crippen molar-refractivity contribution >= 4 is 11.9 Å². The van der Waals surface area contributed by atoms with E-state index in [-0.39, 0.29) is 41.9 Å². The molecule has 59 heavy (non-hydrogen) atoms. The van der Waals surface area contributed by atoms with Gasteiger partial charge in [0.25, 0.3) is 0 Å². The SMILES string of the molecule is CCC1CCC(C2CCC(c3ccc(CCOC(=O)C(F)(F)C(F)(F)F)c(F)c3)CC2)CC1.CCCc1cc(F)c(C2CCC(CCOC(=O)C(F)(F)F)CC2)c(F)c1. The first-order valence-corrected chi connectivity index (χ1v) is 20.9. The standard InChI is InChI=1S/C25H32F6O2.C19H23F5O2/c1-2-16-3-5-17(6-4-16)18-7-9-19(10-8-18)21-12-11-20(22(26)15-21)13-14-33-23(32)24(27,28)25(29,30)31;1-2-3-13-10-15(20)17(16(21)11-13)14-6-4-12(5-7-14)8-9-26-18(25)19(22,23)24/h11-12,15-19H,2-10,13-14H2,1H3;10-12,14H,2-9H2,1H3. The van der Waals surface area contributed by atoms with Crippen molar-refractivity contribution in [2.45, 2.75) is 153 Å². The van der Waals surface area contributed by atoms with Crippen LogP contribution >= 0.6 is 0 Å². The fourth-order valence-electron chi connectivity index (χ4n) is 9.07. The zero-order chi connectivity index (χ0) is 43.5. The van der Waals surface area contributed by atoms with Crippen LogP contribution in [-0.2, 0) is 31.9 Å². The number of halogens is 11. The molecule has 0 amide bonds. The summed E-state index contributed by atoms with van der Waals surface area (Å²) in [6.45, 7) is 3.16. The van der Waals surface area contributed by atoms with E-state index in [0.717, 1.165) is 55.4 Å². The Hall–Kier alpha value is -3.39. The van der Waals surface area contributed by atoms with Gasteiger partial charge in [0.2, 0.25) is 0 Å². The van der Waals surface area contributed by atoms with Gasteiger partial charge in [0.05, 0.1) is 13.2 Å². The summed E-state index contributed by atoms with van der Waals surface area (Å²) in [4.78, 5) is 21.7. The van der Waals surface area contributed by atoms with Crippen molar-refractivity contribution in [3.05, 3.63) is 70.0 Å². The molecule has 3 aliphatic carbocycles. The van der Waals surface area contributed by atoms with Gasteiger partial charge in [-0.05, 0) is 147 Å². The van der Waals surface area contributed by atoms with Gasteiger partial charge >= 0.3 is 30.2 Å². The highest BCUT2D eigenvalue weighted by molar-refractivity contribution is 5.78. The predicted molar refractivity (Wildman–Crippen MR) is 199 cm³/mol. The fraction of sp³-hybridized carbons (Fsp3) is 0.682. The minimum Gasteiger partial charge on any atom is -0.461 e. The zero-order valence-corrected chi connectivity index (χ0v) is 33.6. The second kappa shape index (κ2) is 21.4. The molecule has 2 aromatic carbocycles. The van der Waals surface area contributed by atoms with Crippen molar-refractivity contribution in [2.75, 3.05) is 13.2 Å². The highest BCUT2D eigenvalue weighted by Gasteiger charge is 2.64. The Bertz CT molecular complexity index is 1630. The average Bonchev–Trinajstić information content (AvgIpc) is 3.18. The normalized spacial score (nSPS) is 24.2. The minimum absolute atomic E-state index is 0.0952. The third-order valence-corrected chi connectivity index (χ3v) is 12.6. The van der Waals surface area contributed by atoms with E-state index in [4.69, 9.17) is 0 Å². The number of carbonyl (C=O) groups is 2. The van der Waals surface area contributed by atoms with Crippen molar-refractivity contribution in [3.8, 4) is 0 Å². The first-order valence-electron chi connectivity index (χ1n) is 20.9. The maximum Gasteiger partial charge on any atom is 0.490 e. The van der Waals surface area contributed by atoms with Crippen molar-refractivity contribution in [2.24, 2.45) is 23.7 Å². The largest absolute Gasteiger partial charge is 0.490 e. The summed E-state index contributed by atoms with van der Waals surface area (Å²) in [5.41, 5.74) is 1.76. The molecule has 2 aromatic rings. The molecule has 332 valence electrons. The van der Waals surface area contributed by atoms with Gasteiger partial charge in [0.15, 0.2) is 0 Å². The molecule has 0 aliphatic heterocycles. The van der Waals surface area contributed by atoms with Crippen LogP contribution in [0.25, 0.3) is 0 Å². The van der Waals surface area contributed by atoms with E-state index in [9.17, 15) is 57.9 Å². The maximum atomic E-state index is 14.5.